The summed E-state index contributed by atoms with van der Waals surface area (Å²) in [6.07, 6.45) is 0. The molecule has 0 nitrogen and oxygen atoms in total. The van der Waals surface area contributed by atoms with Crippen molar-refractivity contribution in [2.24, 2.45) is 0 Å². The Hall–Kier alpha value is -0.370. The lowest BCUT2D eigenvalue weighted by atomic mass is 10.2. The Morgan fingerprint density at radius 1 is 1.44 bits per heavy atom. The van der Waals surface area contributed by atoms with E-state index in [1.807, 2.05) is 0 Å². The largest absolute Gasteiger partial charge is 0.205 e. The molecule has 1 aromatic rings. The van der Waals surface area contributed by atoms with E-state index in [2.05, 4.69) is 22.9 Å². The second-order valence-corrected chi connectivity index (χ2v) is 2.57. The van der Waals surface area contributed by atoms with Gasteiger partial charge in [0.25, 0.3) is 0 Å². The Balaban J connectivity index is 3.25. The van der Waals surface area contributed by atoms with Crippen LogP contribution < -0.4 is 0 Å². The SMILES string of the molecule is [CH2]c1cccc(Br)c1F. The Morgan fingerprint density at radius 3 is 2.56 bits per heavy atom. The highest BCUT2D eigenvalue weighted by Gasteiger charge is 1.98. The van der Waals surface area contributed by atoms with Gasteiger partial charge in [-0.25, -0.2) is 4.39 Å². The second-order valence-electron chi connectivity index (χ2n) is 1.71. The van der Waals surface area contributed by atoms with Crippen LogP contribution in [0.15, 0.2) is 22.7 Å². The van der Waals surface area contributed by atoms with Crippen LogP contribution in [0.3, 0.4) is 0 Å². The maximum Gasteiger partial charge on any atom is 0.140 e. The molecule has 0 bridgehead atoms. The maximum absolute atomic E-state index is 12.6. The molecule has 0 atom stereocenters. The summed E-state index contributed by atoms with van der Waals surface area (Å²) < 4.78 is 13.1. The highest BCUT2D eigenvalue weighted by Crippen LogP contribution is 2.16. The molecular formula is C7H5BrF. The lowest BCUT2D eigenvalue weighted by Gasteiger charge is -1.94. The Morgan fingerprint density at radius 2 is 2.11 bits per heavy atom. The number of halogens is 2. The molecule has 9 heavy (non-hydrogen) atoms. The van der Waals surface area contributed by atoms with Gasteiger partial charge in [0, 0.05) is 0 Å². The summed E-state index contributed by atoms with van der Waals surface area (Å²) in [6.45, 7) is 3.48. The molecule has 47 valence electrons. The summed E-state index contributed by atoms with van der Waals surface area (Å²) in [4.78, 5) is 0. The molecule has 0 aliphatic heterocycles. The van der Waals surface area contributed by atoms with Gasteiger partial charge in [0.15, 0.2) is 0 Å². The van der Waals surface area contributed by atoms with Gasteiger partial charge in [-0.05, 0) is 34.5 Å². The molecule has 0 heterocycles. The van der Waals surface area contributed by atoms with Crippen LogP contribution in [0, 0.1) is 12.7 Å². The van der Waals surface area contributed by atoms with Crippen LogP contribution in [0.2, 0.25) is 0 Å². The van der Waals surface area contributed by atoms with E-state index in [4.69, 9.17) is 0 Å². The molecule has 0 saturated heterocycles. The molecule has 0 amide bonds. The van der Waals surface area contributed by atoms with Gasteiger partial charge in [0.1, 0.15) is 5.82 Å². The third kappa shape index (κ3) is 1.30. The van der Waals surface area contributed by atoms with Gasteiger partial charge in [-0.15, -0.1) is 0 Å². The van der Waals surface area contributed by atoms with Crippen LogP contribution in [-0.2, 0) is 0 Å². The van der Waals surface area contributed by atoms with Crippen molar-refractivity contribution < 1.29 is 4.39 Å². The van der Waals surface area contributed by atoms with Gasteiger partial charge in [0.2, 0.25) is 0 Å². The van der Waals surface area contributed by atoms with E-state index in [0.717, 1.165) is 0 Å². The van der Waals surface area contributed by atoms with Gasteiger partial charge in [-0.2, -0.15) is 0 Å². The maximum atomic E-state index is 12.6. The van der Waals surface area contributed by atoms with E-state index in [1.165, 1.54) is 0 Å². The van der Waals surface area contributed by atoms with Crippen LogP contribution in [-0.4, -0.2) is 0 Å². The van der Waals surface area contributed by atoms with Gasteiger partial charge >= 0.3 is 0 Å². The van der Waals surface area contributed by atoms with E-state index in [1.54, 1.807) is 18.2 Å². The summed E-state index contributed by atoms with van der Waals surface area (Å²) in [5.74, 6) is -0.280. The summed E-state index contributed by atoms with van der Waals surface area (Å²) >= 11 is 3.03. The van der Waals surface area contributed by atoms with E-state index < -0.39 is 0 Å². The first kappa shape index (κ1) is 6.75. The predicted octanol–water partition coefficient (Wildman–Crippen LogP) is 2.77. The molecule has 1 aromatic carbocycles. The minimum Gasteiger partial charge on any atom is -0.205 e. The minimum atomic E-state index is -0.280. The number of rotatable bonds is 0. The monoisotopic (exact) mass is 187 g/mol. The number of benzene rings is 1. The molecule has 0 aromatic heterocycles. The summed E-state index contributed by atoms with van der Waals surface area (Å²) in [6, 6.07) is 5.01. The van der Waals surface area contributed by atoms with Crippen LogP contribution in [0.5, 0.6) is 0 Å². The third-order valence-electron chi connectivity index (χ3n) is 1.03. The smallest absolute Gasteiger partial charge is 0.140 e. The van der Waals surface area contributed by atoms with Crippen LogP contribution in [0.1, 0.15) is 5.56 Å². The topological polar surface area (TPSA) is 0 Å². The first-order valence-electron chi connectivity index (χ1n) is 2.48. The van der Waals surface area contributed by atoms with E-state index in [0.29, 0.717) is 10.0 Å². The van der Waals surface area contributed by atoms with Gasteiger partial charge < -0.3 is 0 Å². The standard InChI is InChI=1S/C7H5BrF/c1-5-3-2-4-6(8)7(5)9/h2-4H,1H2. The van der Waals surface area contributed by atoms with Crippen molar-refractivity contribution in [2.45, 2.75) is 0 Å². The highest BCUT2D eigenvalue weighted by molar-refractivity contribution is 9.10. The van der Waals surface area contributed by atoms with Crippen LogP contribution >= 0.6 is 15.9 Å². The fourth-order valence-corrected chi connectivity index (χ4v) is 0.956. The zero-order valence-electron chi connectivity index (χ0n) is 4.70. The zero-order valence-corrected chi connectivity index (χ0v) is 6.28. The fraction of sp³-hybridized carbons (Fsp3) is 0. The summed E-state index contributed by atoms with van der Waals surface area (Å²) in [5, 5.41) is 0. The highest BCUT2D eigenvalue weighted by atomic mass is 79.9. The van der Waals surface area contributed by atoms with Crippen molar-refractivity contribution in [3.63, 3.8) is 0 Å². The van der Waals surface area contributed by atoms with Crippen molar-refractivity contribution in [3.8, 4) is 0 Å². The average Bonchev–Trinajstić information content (AvgIpc) is 1.83. The molecule has 0 fully saturated rings. The summed E-state index contributed by atoms with van der Waals surface area (Å²) in [5.41, 5.74) is 0.421. The zero-order chi connectivity index (χ0) is 6.85. The molecule has 0 aliphatic carbocycles. The van der Waals surface area contributed by atoms with Crippen molar-refractivity contribution in [3.05, 3.63) is 41.0 Å². The molecule has 0 N–H and O–H groups in total. The van der Waals surface area contributed by atoms with Crippen LogP contribution in [0.4, 0.5) is 4.39 Å². The van der Waals surface area contributed by atoms with E-state index in [9.17, 15) is 4.39 Å². The third-order valence-corrected chi connectivity index (χ3v) is 1.64. The molecule has 0 unspecified atom stereocenters. The molecular weight excluding hydrogens is 183 g/mol. The second kappa shape index (κ2) is 2.48. The van der Waals surface area contributed by atoms with Crippen molar-refractivity contribution in [1.29, 1.82) is 0 Å². The molecule has 0 spiro atoms. The summed E-state index contributed by atoms with van der Waals surface area (Å²) in [7, 11) is 0. The minimum absolute atomic E-state index is 0.280. The lowest BCUT2D eigenvalue weighted by Crippen LogP contribution is -1.80. The quantitative estimate of drug-likeness (QED) is 0.587. The number of hydrogen-bond acceptors (Lipinski definition) is 0. The number of hydrogen-bond donors (Lipinski definition) is 0. The van der Waals surface area contributed by atoms with Gasteiger partial charge in [-0.3, -0.25) is 0 Å². The lowest BCUT2D eigenvalue weighted by molar-refractivity contribution is 0.616. The first-order valence-corrected chi connectivity index (χ1v) is 3.27. The Labute approximate surface area is 61.8 Å². The molecule has 1 radical (unpaired) electrons. The predicted molar refractivity (Wildman–Crippen MR) is 38.6 cm³/mol. The van der Waals surface area contributed by atoms with Crippen molar-refractivity contribution in [2.75, 3.05) is 0 Å². The van der Waals surface area contributed by atoms with Crippen molar-refractivity contribution in [1.82, 2.24) is 0 Å². The Bertz CT molecular complexity index is 200. The molecule has 0 saturated carbocycles. The fourth-order valence-electron chi connectivity index (χ4n) is 0.548. The van der Waals surface area contributed by atoms with Gasteiger partial charge in [-0.1, -0.05) is 12.1 Å². The normalized spacial score (nSPS) is 9.67. The Kier molecular flexibility index (Phi) is 1.86. The van der Waals surface area contributed by atoms with Crippen LogP contribution in [0.25, 0.3) is 0 Å². The average molecular weight is 188 g/mol. The first-order chi connectivity index (χ1) is 4.22. The van der Waals surface area contributed by atoms with E-state index in [-0.39, 0.29) is 5.82 Å². The molecule has 2 heteroatoms. The van der Waals surface area contributed by atoms with Gasteiger partial charge in [0.05, 0.1) is 4.47 Å². The molecule has 0 aliphatic rings. The molecule has 1 rings (SSSR count). The van der Waals surface area contributed by atoms with Crippen molar-refractivity contribution >= 4 is 15.9 Å². The van der Waals surface area contributed by atoms with E-state index >= 15 is 0 Å².